The van der Waals surface area contributed by atoms with Gasteiger partial charge in [0, 0.05) is 29.6 Å². The number of thiazole rings is 1. The minimum absolute atomic E-state index is 0.304. The predicted molar refractivity (Wildman–Crippen MR) is 111 cm³/mol. The minimum atomic E-state index is -0.304. The van der Waals surface area contributed by atoms with Gasteiger partial charge in [0.2, 0.25) is 0 Å². The van der Waals surface area contributed by atoms with E-state index in [1.54, 1.807) is 31.4 Å². The van der Waals surface area contributed by atoms with Crippen molar-refractivity contribution in [2.45, 2.75) is 0 Å². The highest BCUT2D eigenvalue weighted by Gasteiger charge is 2.14. The first-order chi connectivity index (χ1) is 13.6. The van der Waals surface area contributed by atoms with Crippen molar-refractivity contribution in [3.63, 3.8) is 0 Å². The maximum atomic E-state index is 12.8. The Hall–Kier alpha value is -3.26. The normalized spacial score (nSPS) is 10.3. The summed E-state index contributed by atoms with van der Waals surface area (Å²) in [5.41, 5.74) is 2.65. The van der Waals surface area contributed by atoms with Crippen molar-refractivity contribution < 1.29 is 19.0 Å². The minimum Gasteiger partial charge on any atom is -0.497 e. The molecule has 0 saturated carbocycles. The Morgan fingerprint density at radius 3 is 2.29 bits per heavy atom. The first-order valence-corrected chi connectivity index (χ1v) is 9.32. The van der Waals surface area contributed by atoms with E-state index in [9.17, 15) is 4.79 Å². The van der Waals surface area contributed by atoms with Crippen molar-refractivity contribution in [3.8, 4) is 28.5 Å². The summed E-state index contributed by atoms with van der Waals surface area (Å²) in [5.74, 6) is 1.32. The average molecular weight is 399 g/mol. The molecule has 7 nitrogen and oxygen atoms in total. The number of anilines is 2. The Kier molecular flexibility index (Phi) is 6.00. The topological polar surface area (TPSA) is 81.7 Å². The molecule has 2 aromatic carbocycles. The Morgan fingerprint density at radius 2 is 1.71 bits per heavy atom. The van der Waals surface area contributed by atoms with Crippen LogP contribution < -0.4 is 24.8 Å². The van der Waals surface area contributed by atoms with Crippen molar-refractivity contribution in [3.05, 3.63) is 47.3 Å². The molecule has 0 aliphatic rings. The zero-order valence-electron chi connectivity index (χ0n) is 16.0. The molecule has 8 heteroatoms. The molecule has 1 heterocycles. The Labute approximate surface area is 167 Å². The maximum Gasteiger partial charge on any atom is 0.256 e. The number of rotatable bonds is 7. The van der Waals surface area contributed by atoms with Gasteiger partial charge in [-0.1, -0.05) is 0 Å². The molecule has 0 bridgehead atoms. The summed E-state index contributed by atoms with van der Waals surface area (Å²) < 4.78 is 15.9. The van der Waals surface area contributed by atoms with E-state index in [0.717, 1.165) is 16.4 Å². The first-order valence-electron chi connectivity index (χ1n) is 8.44. The van der Waals surface area contributed by atoms with Gasteiger partial charge in [-0.3, -0.25) is 4.79 Å². The highest BCUT2D eigenvalue weighted by Crippen LogP contribution is 2.33. The number of benzene rings is 2. The molecule has 0 atom stereocenters. The molecular weight excluding hydrogens is 378 g/mol. The number of hydrogen-bond donors (Lipinski definition) is 2. The van der Waals surface area contributed by atoms with E-state index in [2.05, 4.69) is 15.6 Å². The summed E-state index contributed by atoms with van der Waals surface area (Å²) >= 11 is 1.51. The van der Waals surface area contributed by atoms with E-state index < -0.39 is 0 Å². The number of hydrogen-bond acceptors (Lipinski definition) is 7. The molecule has 1 aromatic heterocycles. The van der Waals surface area contributed by atoms with Gasteiger partial charge in [-0.25, -0.2) is 4.98 Å². The fraction of sp³-hybridized carbons (Fsp3) is 0.200. The van der Waals surface area contributed by atoms with Crippen LogP contribution in [0.2, 0.25) is 0 Å². The van der Waals surface area contributed by atoms with E-state index >= 15 is 0 Å². The fourth-order valence-electron chi connectivity index (χ4n) is 2.62. The Bertz CT molecular complexity index is 965. The standard InChI is InChI=1S/C20H21N3O4S/c1-21-20-23-17(11-28-20)12-5-6-18(27-4)16(9-12)22-19(24)13-7-14(25-2)10-15(8-13)26-3/h5-11H,1-4H3,(H,21,23)(H,22,24). The average Bonchev–Trinajstić information content (AvgIpc) is 3.22. The number of carbonyl (C=O) groups excluding carboxylic acids is 1. The summed E-state index contributed by atoms with van der Waals surface area (Å²) in [4.78, 5) is 17.3. The zero-order chi connectivity index (χ0) is 20.1. The van der Waals surface area contributed by atoms with E-state index in [-0.39, 0.29) is 5.91 Å². The van der Waals surface area contributed by atoms with Gasteiger partial charge in [-0.15, -0.1) is 11.3 Å². The van der Waals surface area contributed by atoms with E-state index in [4.69, 9.17) is 14.2 Å². The molecule has 1 amide bonds. The second-order valence-corrected chi connectivity index (χ2v) is 6.62. The highest BCUT2D eigenvalue weighted by atomic mass is 32.1. The summed E-state index contributed by atoms with van der Waals surface area (Å²) in [6.07, 6.45) is 0. The van der Waals surface area contributed by atoms with Crippen LogP contribution >= 0.6 is 11.3 Å². The lowest BCUT2D eigenvalue weighted by molar-refractivity contribution is 0.102. The predicted octanol–water partition coefficient (Wildman–Crippen LogP) is 4.13. The molecule has 3 aromatic rings. The summed E-state index contributed by atoms with van der Waals surface area (Å²) in [7, 11) is 6.46. The molecule has 0 radical (unpaired) electrons. The van der Waals surface area contributed by atoms with Gasteiger partial charge in [-0.2, -0.15) is 0 Å². The molecule has 0 aliphatic heterocycles. The highest BCUT2D eigenvalue weighted by molar-refractivity contribution is 7.14. The van der Waals surface area contributed by atoms with Crippen LogP contribution in [0.4, 0.5) is 10.8 Å². The molecule has 2 N–H and O–H groups in total. The number of aromatic nitrogens is 1. The lowest BCUT2D eigenvalue weighted by Crippen LogP contribution is -2.13. The third-order valence-corrected chi connectivity index (χ3v) is 4.93. The van der Waals surface area contributed by atoms with E-state index in [1.807, 2.05) is 24.6 Å². The summed E-state index contributed by atoms with van der Waals surface area (Å²) in [6, 6.07) is 10.5. The van der Waals surface area contributed by atoms with Crippen molar-refractivity contribution in [2.24, 2.45) is 0 Å². The van der Waals surface area contributed by atoms with Gasteiger partial charge in [0.25, 0.3) is 5.91 Å². The zero-order valence-corrected chi connectivity index (χ0v) is 16.8. The van der Waals surface area contributed by atoms with Gasteiger partial charge in [0.15, 0.2) is 5.13 Å². The number of amides is 1. The second-order valence-electron chi connectivity index (χ2n) is 5.76. The largest absolute Gasteiger partial charge is 0.497 e. The van der Waals surface area contributed by atoms with Gasteiger partial charge in [-0.05, 0) is 30.3 Å². The summed E-state index contributed by atoms with van der Waals surface area (Å²) in [6.45, 7) is 0. The molecule has 0 saturated heterocycles. The fourth-order valence-corrected chi connectivity index (χ4v) is 3.30. The van der Waals surface area contributed by atoms with Crippen LogP contribution in [0.1, 0.15) is 10.4 Å². The van der Waals surface area contributed by atoms with Crippen LogP contribution in [0.5, 0.6) is 17.2 Å². The van der Waals surface area contributed by atoms with Crippen LogP contribution in [0.25, 0.3) is 11.3 Å². The number of ether oxygens (including phenoxy) is 3. The smallest absolute Gasteiger partial charge is 0.256 e. The van der Waals surface area contributed by atoms with Crippen LogP contribution in [0.3, 0.4) is 0 Å². The second kappa shape index (κ2) is 8.62. The van der Waals surface area contributed by atoms with Crippen LogP contribution in [-0.4, -0.2) is 39.3 Å². The number of carbonyl (C=O) groups is 1. The van der Waals surface area contributed by atoms with E-state index in [0.29, 0.717) is 28.5 Å². The molecule has 0 fully saturated rings. The summed E-state index contributed by atoms with van der Waals surface area (Å²) in [5, 5.41) is 8.69. The van der Waals surface area contributed by atoms with Crippen molar-refractivity contribution in [1.29, 1.82) is 0 Å². The number of nitrogens with one attached hydrogen (secondary N) is 2. The maximum absolute atomic E-state index is 12.8. The molecule has 0 spiro atoms. The van der Waals surface area contributed by atoms with Gasteiger partial charge in [0.05, 0.1) is 32.7 Å². The van der Waals surface area contributed by atoms with Crippen molar-refractivity contribution in [2.75, 3.05) is 39.0 Å². The molecule has 146 valence electrons. The Morgan fingerprint density at radius 1 is 1.00 bits per heavy atom. The lowest BCUT2D eigenvalue weighted by atomic mass is 10.1. The molecule has 0 aliphatic carbocycles. The monoisotopic (exact) mass is 399 g/mol. The van der Waals surface area contributed by atoms with Crippen LogP contribution in [0, 0.1) is 0 Å². The third kappa shape index (κ3) is 4.17. The van der Waals surface area contributed by atoms with Gasteiger partial charge in [0.1, 0.15) is 17.2 Å². The van der Waals surface area contributed by atoms with Crippen molar-refractivity contribution >= 4 is 28.1 Å². The number of nitrogens with zero attached hydrogens (tertiary/aromatic N) is 1. The molecule has 3 rings (SSSR count). The first kappa shape index (κ1) is 19.5. The SMILES string of the molecule is CNc1nc(-c2ccc(OC)c(NC(=O)c3cc(OC)cc(OC)c3)c2)cs1. The molecule has 0 unspecified atom stereocenters. The van der Waals surface area contributed by atoms with Crippen LogP contribution in [0.15, 0.2) is 41.8 Å². The van der Waals surface area contributed by atoms with Crippen LogP contribution in [-0.2, 0) is 0 Å². The van der Waals surface area contributed by atoms with Crippen molar-refractivity contribution in [1.82, 2.24) is 4.98 Å². The Balaban J connectivity index is 1.92. The quantitative estimate of drug-likeness (QED) is 0.622. The van der Waals surface area contributed by atoms with E-state index in [1.165, 1.54) is 25.6 Å². The molecule has 28 heavy (non-hydrogen) atoms. The van der Waals surface area contributed by atoms with Gasteiger partial charge < -0.3 is 24.8 Å². The molecular formula is C20H21N3O4S. The lowest BCUT2D eigenvalue weighted by Gasteiger charge is -2.13. The number of methoxy groups -OCH3 is 3. The third-order valence-electron chi connectivity index (χ3n) is 4.08. The van der Waals surface area contributed by atoms with Gasteiger partial charge >= 0.3 is 0 Å².